The summed E-state index contributed by atoms with van der Waals surface area (Å²) >= 11 is 0. The van der Waals surface area contributed by atoms with Gasteiger partial charge in [-0.1, -0.05) is 12.1 Å². The highest BCUT2D eigenvalue weighted by Gasteiger charge is 2.06. The maximum absolute atomic E-state index is 13.2. The fraction of sp³-hybridized carbons (Fsp3) is 0.133. The third kappa shape index (κ3) is 3.02. The summed E-state index contributed by atoms with van der Waals surface area (Å²) in [6.07, 6.45) is 0. The first kappa shape index (κ1) is 12.9. The molecular weight excluding hydrogens is 241 g/mol. The third-order valence-corrected chi connectivity index (χ3v) is 2.88. The van der Waals surface area contributed by atoms with Gasteiger partial charge in [0.05, 0.1) is 5.56 Å². The Morgan fingerprint density at radius 2 is 2.05 bits per heavy atom. The minimum absolute atomic E-state index is 0.0680. The van der Waals surface area contributed by atoms with E-state index in [-0.39, 0.29) is 5.56 Å². The SMILES string of the molecule is CN(Cc1ccc(F)c(C#N)c1)c1cccc(N)c1. The van der Waals surface area contributed by atoms with Crippen LogP contribution < -0.4 is 10.6 Å². The first-order chi connectivity index (χ1) is 9.10. The minimum atomic E-state index is -0.488. The Kier molecular flexibility index (Phi) is 3.67. The normalized spacial score (nSPS) is 9.95. The van der Waals surface area contributed by atoms with Gasteiger partial charge in [0.25, 0.3) is 0 Å². The fourth-order valence-electron chi connectivity index (χ4n) is 1.88. The van der Waals surface area contributed by atoms with Crippen molar-refractivity contribution < 1.29 is 4.39 Å². The van der Waals surface area contributed by atoms with Crippen LogP contribution in [-0.2, 0) is 6.54 Å². The zero-order chi connectivity index (χ0) is 13.8. The van der Waals surface area contributed by atoms with E-state index in [1.165, 1.54) is 6.07 Å². The summed E-state index contributed by atoms with van der Waals surface area (Å²) in [5, 5.41) is 8.81. The van der Waals surface area contributed by atoms with E-state index in [0.29, 0.717) is 12.2 Å². The molecule has 0 amide bonds. The molecule has 96 valence electrons. The van der Waals surface area contributed by atoms with Gasteiger partial charge in [-0.2, -0.15) is 5.26 Å². The van der Waals surface area contributed by atoms with Crippen LogP contribution in [0.4, 0.5) is 15.8 Å². The molecule has 4 heteroatoms. The van der Waals surface area contributed by atoms with E-state index in [1.807, 2.05) is 42.3 Å². The summed E-state index contributed by atoms with van der Waals surface area (Å²) in [6.45, 7) is 0.582. The average molecular weight is 255 g/mol. The largest absolute Gasteiger partial charge is 0.399 e. The Bertz CT molecular complexity index is 632. The molecule has 2 aromatic carbocycles. The molecule has 0 aliphatic heterocycles. The van der Waals surface area contributed by atoms with Crippen LogP contribution >= 0.6 is 0 Å². The van der Waals surface area contributed by atoms with Gasteiger partial charge in [0.1, 0.15) is 11.9 Å². The van der Waals surface area contributed by atoms with Crippen molar-refractivity contribution in [3.63, 3.8) is 0 Å². The molecule has 19 heavy (non-hydrogen) atoms. The molecule has 0 bridgehead atoms. The van der Waals surface area contributed by atoms with Crippen molar-refractivity contribution in [2.45, 2.75) is 6.54 Å². The number of hydrogen-bond acceptors (Lipinski definition) is 3. The van der Waals surface area contributed by atoms with Crippen molar-refractivity contribution in [2.75, 3.05) is 17.7 Å². The molecule has 0 unspecified atom stereocenters. The maximum atomic E-state index is 13.2. The Labute approximate surface area is 111 Å². The van der Waals surface area contributed by atoms with E-state index < -0.39 is 5.82 Å². The molecule has 0 radical (unpaired) electrons. The number of nitriles is 1. The lowest BCUT2D eigenvalue weighted by Crippen LogP contribution is -2.16. The highest BCUT2D eigenvalue weighted by atomic mass is 19.1. The quantitative estimate of drug-likeness (QED) is 0.858. The lowest BCUT2D eigenvalue weighted by Gasteiger charge is -2.20. The third-order valence-electron chi connectivity index (χ3n) is 2.88. The summed E-state index contributed by atoms with van der Waals surface area (Å²) in [5.41, 5.74) is 8.35. The molecule has 0 saturated heterocycles. The van der Waals surface area contributed by atoms with Gasteiger partial charge < -0.3 is 10.6 Å². The smallest absolute Gasteiger partial charge is 0.140 e. The Balaban J connectivity index is 2.20. The van der Waals surface area contributed by atoms with Gasteiger partial charge in [-0.15, -0.1) is 0 Å². The number of anilines is 2. The average Bonchev–Trinajstić information content (AvgIpc) is 2.41. The molecule has 0 atom stereocenters. The zero-order valence-electron chi connectivity index (χ0n) is 10.6. The summed E-state index contributed by atoms with van der Waals surface area (Å²) < 4.78 is 13.2. The van der Waals surface area contributed by atoms with Gasteiger partial charge in [0.15, 0.2) is 0 Å². The van der Waals surface area contributed by atoms with Gasteiger partial charge >= 0.3 is 0 Å². The number of nitrogens with zero attached hydrogens (tertiary/aromatic N) is 2. The highest BCUT2D eigenvalue weighted by molar-refractivity contribution is 5.55. The van der Waals surface area contributed by atoms with E-state index in [9.17, 15) is 4.39 Å². The molecule has 2 N–H and O–H groups in total. The molecule has 2 aromatic rings. The highest BCUT2D eigenvalue weighted by Crippen LogP contribution is 2.19. The number of nitrogens with two attached hydrogens (primary N) is 1. The molecule has 0 aromatic heterocycles. The van der Waals surface area contributed by atoms with Crippen molar-refractivity contribution in [3.05, 3.63) is 59.4 Å². The Morgan fingerprint density at radius 3 is 2.74 bits per heavy atom. The zero-order valence-corrected chi connectivity index (χ0v) is 10.6. The van der Waals surface area contributed by atoms with Crippen molar-refractivity contribution in [3.8, 4) is 6.07 Å². The molecule has 3 nitrogen and oxygen atoms in total. The second kappa shape index (κ2) is 5.40. The lowest BCUT2D eigenvalue weighted by molar-refractivity contribution is 0.623. The predicted molar refractivity (Wildman–Crippen MR) is 74.1 cm³/mol. The predicted octanol–water partition coefficient (Wildman–Crippen LogP) is 2.92. The second-order valence-corrected chi connectivity index (χ2v) is 4.38. The van der Waals surface area contributed by atoms with Gasteiger partial charge in [-0.25, -0.2) is 4.39 Å². The second-order valence-electron chi connectivity index (χ2n) is 4.38. The molecule has 0 heterocycles. The first-order valence-corrected chi connectivity index (χ1v) is 5.85. The van der Waals surface area contributed by atoms with Crippen LogP contribution in [0.1, 0.15) is 11.1 Å². The van der Waals surface area contributed by atoms with E-state index in [4.69, 9.17) is 11.0 Å². The first-order valence-electron chi connectivity index (χ1n) is 5.85. The van der Waals surface area contributed by atoms with E-state index >= 15 is 0 Å². The van der Waals surface area contributed by atoms with Crippen LogP contribution in [0.2, 0.25) is 0 Å². The monoisotopic (exact) mass is 255 g/mol. The number of hydrogen-bond donors (Lipinski definition) is 1. The van der Waals surface area contributed by atoms with Crippen molar-refractivity contribution >= 4 is 11.4 Å². The van der Waals surface area contributed by atoms with Gasteiger partial charge in [0.2, 0.25) is 0 Å². The Hall–Kier alpha value is -2.54. The number of nitrogen functional groups attached to an aromatic ring is 1. The molecule has 0 aliphatic rings. The number of benzene rings is 2. The van der Waals surface area contributed by atoms with Crippen molar-refractivity contribution in [2.24, 2.45) is 0 Å². The van der Waals surface area contributed by atoms with Crippen LogP contribution in [0, 0.1) is 17.1 Å². The summed E-state index contributed by atoms with van der Waals surface area (Å²) in [6, 6.07) is 13.9. The van der Waals surface area contributed by atoms with Gasteiger partial charge in [-0.05, 0) is 35.9 Å². The standard InChI is InChI=1S/C15H14FN3/c1-19(14-4-2-3-13(18)8-14)10-11-5-6-15(16)12(7-11)9-17/h2-8H,10,18H2,1H3. The lowest BCUT2D eigenvalue weighted by atomic mass is 10.1. The number of halogens is 1. The van der Waals surface area contributed by atoms with Crippen LogP contribution in [0.3, 0.4) is 0 Å². The van der Waals surface area contributed by atoms with Crippen LogP contribution in [0.25, 0.3) is 0 Å². The molecular formula is C15H14FN3. The molecule has 0 saturated carbocycles. The van der Waals surface area contributed by atoms with Crippen molar-refractivity contribution in [1.29, 1.82) is 5.26 Å². The van der Waals surface area contributed by atoms with Crippen molar-refractivity contribution in [1.82, 2.24) is 0 Å². The van der Waals surface area contributed by atoms with Gasteiger partial charge in [-0.3, -0.25) is 0 Å². The molecule has 0 fully saturated rings. The summed E-state index contributed by atoms with van der Waals surface area (Å²) in [7, 11) is 1.92. The van der Waals surface area contributed by atoms with Crippen LogP contribution in [0.5, 0.6) is 0 Å². The maximum Gasteiger partial charge on any atom is 0.140 e. The fourth-order valence-corrected chi connectivity index (χ4v) is 1.88. The van der Waals surface area contributed by atoms with E-state index in [1.54, 1.807) is 12.1 Å². The van der Waals surface area contributed by atoms with Gasteiger partial charge in [0, 0.05) is 25.0 Å². The van der Waals surface area contributed by atoms with E-state index in [2.05, 4.69) is 0 Å². The molecule has 2 rings (SSSR count). The molecule has 0 aliphatic carbocycles. The Morgan fingerprint density at radius 1 is 1.26 bits per heavy atom. The van der Waals surface area contributed by atoms with E-state index in [0.717, 1.165) is 11.3 Å². The topological polar surface area (TPSA) is 53.0 Å². The number of rotatable bonds is 3. The summed E-state index contributed by atoms with van der Waals surface area (Å²) in [4.78, 5) is 1.99. The summed E-state index contributed by atoms with van der Waals surface area (Å²) in [5.74, 6) is -0.488. The van der Waals surface area contributed by atoms with Crippen LogP contribution in [-0.4, -0.2) is 7.05 Å². The molecule has 0 spiro atoms. The minimum Gasteiger partial charge on any atom is -0.399 e. The van der Waals surface area contributed by atoms with Crippen LogP contribution in [0.15, 0.2) is 42.5 Å².